The summed E-state index contributed by atoms with van der Waals surface area (Å²) in [5, 5.41) is 19.3. The average Bonchev–Trinajstić information content (AvgIpc) is 3.71. The second-order valence-electron chi connectivity index (χ2n) is 9.85. The number of oxazole rings is 1. The van der Waals surface area contributed by atoms with E-state index in [-0.39, 0.29) is 39.9 Å². The van der Waals surface area contributed by atoms with Gasteiger partial charge in [0.2, 0.25) is 12.3 Å². The van der Waals surface area contributed by atoms with Crippen molar-refractivity contribution >= 4 is 84.7 Å². The molecule has 0 spiro atoms. The van der Waals surface area contributed by atoms with Crippen LogP contribution in [0, 0.1) is 0 Å². The fourth-order valence-electron chi connectivity index (χ4n) is 4.63. The topological polar surface area (TPSA) is 206 Å². The minimum absolute atomic E-state index is 0.0782. The van der Waals surface area contributed by atoms with Gasteiger partial charge in [0.1, 0.15) is 22.3 Å². The van der Waals surface area contributed by atoms with E-state index >= 15 is 0 Å². The van der Waals surface area contributed by atoms with Crippen LogP contribution in [0.3, 0.4) is 0 Å². The molecule has 1 fully saturated rings. The number of hydrogen-bond donors (Lipinski definition) is 3. The Morgan fingerprint density at radius 3 is 2.41 bits per heavy atom. The zero-order valence-corrected chi connectivity index (χ0v) is 27.1. The molecule has 3 N–H and O–H groups in total. The Morgan fingerprint density at radius 1 is 1.07 bits per heavy atom. The second-order valence-corrected chi connectivity index (χ2v) is 14.1. The molecule has 15 nitrogen and oxygen atoms in total. The summed E-state index contributed by atoms with van der Waals surface area (Å²) in [4.78, 5) is 52.3. The van der Waals surface area contributed by atoms with E-state index in [4.69, 9.17) is 31.2 Å². The number of aliphatic carboxylic acids is 2. The van der Waals surface area contributed by atoms with Crippen LogP contribution in [0.15, 0.2) is 49.0 Å². The van der Waals surface area contributed by atoms with Crippen molar-refractivity contribution in [1.29, 1.82) is 0 Å². The molecule has 0 bridgehead atoms. The number of thiocarbonyl (C=S) groups is 1. The maximum atomic E-state index is 13.3. The third-order valence-corrected chi connectivity index (χ3v) is 10.0. The molecule has 0 atom stereocenters. The van der Waals surface area contributed by atoms with Gasteiger partial charge in [0, 0.05) is 23.6 Å². The maximum absolute atomic E-state index is 13.3. The standard InChI is InChI=1S/C27H25N3O12S4/c1-2-14(4-5-20-28(6-3-7-46(37,38)39)15-9-16-17(41-13-40-16)10-19(15)44-20)8-18-24(35)29(11-21(31)32)26(42-18)23-25(36)30(12-22(33)34)27(43)45-23/h4-5,8-10H,2-3,6-7,11-13H2,1H3,(H,31,32)(H,33,34)(H,37,38,39)/b14-4?,18-8?,20-5?,26-23+. The molecule has 3 aliphatic rings. The molecule has 46 heavy (non-hydrogen) atoms. The van der Waals surface area contributed by atoms with Gasteiger partial charge in [-0.3, -0.25) is 33.2 Å². The third kappa shape index (κ3) is 7.17. The summed E-state index contributed by atoms with van der Waals surface area (Å²) in [5.41, 5.74) is -0.109. The Labute approximate surface area is 274 Å². The lowest BCUT2D eigenvalue weighted by atomic mass is 10.2. The molecule has 5 rings (SSSR count). The zero-order valence-electron chi connectivity index (χ0n) is 23.8. The zero-order chi connectivity index (χ0) is 33.3. The lowest BCUT2D eigenvalue weighted by molar-refractivity contribution is -0.140. The molecule has 0 unspecified atom stereocenters. The fraction of sp³-hybridized carbons (Fsp3) is 0.296. The van der Waals surface area contributed by atoms with E-state index in [9.17, 15) is 37.3 Å². The quantitative estimate of drug-likeness (QED) is 0.221. The molecule has 0 saturated carbocycles. The van der Waals surface area contributed by atoms with Crippen LogP contribution in [0.4, 0.5) is 5.69 Å². The van der Waals surface area contributed by atoms with Gasteiger partial charge in [-0.2, -0.15) is 8.42 Å². The van der Waals surface area contributed by atoms with Crippen molar-refractivity contribution in [1.82, 2.24) is 9.47 Å². The molecule has 1 aromatic heterocycles. The summed E-state index contributed by atoms with van der Waals surface area (Å²) in [5.74, 6) is -2.85. The highest BCUT2D eigenvalue weighted by Crippen LogP contribution is 2.51. The van der Waals surface area contributed by atoms with Crippen LogP contribution in [-0.2, 0) is 31.0 Å². The van der Waals surface area contributed by atoms with E-state index in [1.807, 2.05) is 17.9 Å². The number of anilines is 1. The number of carbonyl (C=O) groups is 3. The fourth-order valence-corrected chi connectivity index (χ4v) is 7.49. The summed E-state index contributed by atoms with van der Waals surface area (Å²) in [7, 11) is -4.17. The number of carboxylic acids is 2. The van der Waals surface area contributed by atoms with E-state index < -0.39 is 52.4 Å². The van der Waals surface area contributed by atoms with E-state index in [0.717, 1.165) is 20.0 Å². The number of rotatable bonds is 11. The summed E-state index contributed by atoms with van der Waals surface area (Å²) in [6, 6.07) is 3.60. The average molecular weight is 712 g/mol. The van der Waals surface area contributed by atoms with E-state index in [1.165, 1.54) is 17.8 Å². The van der Waals surface area contributed by atoms with Gasteiger partial charge in [-0.25, -0.2) is 0 Å². The number of nitrogens with zero attached hydrogens (tertiary/aromatic N) is 3. The summed E-state index contributed by atoms with van der Waals surface area (Å²) in [6.07, 6.45) is 5.40. The Kier molecular flexibility index (Phi) is 9.68. The van der Waals surface area contributed by atoms with Crippen molar-refractivity contribution in [3.8, 4) is 11.5 Å². The van der Waals surface area contributed by atoms with Crippen molar-refractivity contribution in [2.75, 3.05) is 30.5 Å². The van der Waals surface area contributed by atoms with Crippen molar-refractivity contribution < 1.29 is 51.5 Å². The van der Waals surface area contributed by atoms with Gasteiger partial charge in [0.25, 0.3) is 21.6 Å². The largest absolute Gasteiger partial charge is 0.480 e. The van der Waals surface area contributed by atoms with Crippen LogP contribution < -0.4 is 30.9 Å². The SMILES string of the molecule is CCC(=CC=C1Sc2cc3c(cc2N1CCCS(=O)(=O)O)OCO3)C=c1o/c(=C2/SC(=S)N(CC(=O)O)C2=O)n(CC(=O)O)c1=O. The first-order valence-corrected chi connectivity index (χ1v) is 17.1. The molecule has 0 radical (unpaired) electrons. The number of allylic oxidation sites excluding steroid dienone is 3. The Hall–Kier alpha value is -4.04. The Balaban J connectivity index is 1.54. The number of fused-ring (bicyclic) bond motifs is 2. The monoisotopic (exact) mass is 711 g/mol. The molecule has 2 aromatic rings. The van der Waals surface area contributed by atoms with E-state index in [2.05, 4.69) is 0 Å². The van der Waals surface area contributed by atoms with Crippen LogP contribution in [0.1, 0.15) is 19.8 Å². The number of ether oxygens (including phenoxy) is 2. The van der Waals surface area contributed by atoms with Crippen molar-refractivity contribution in [3.63, 3.8) is 0 Å². The number of carboxylic acid groups (broad SMARTS) is 2. The molecule has 3 aliphatic heterocycles. The number of aromatic nitrogens is 1. The molecule has 1 aromatic carbocycles. The first kappa shape index (κ1) is 33.3. The van der Waals surface area contributed by atoms with Crippen LogP contribution >= 0.6 is 35.7 Å². The molecular formula is C27H25N3O12S4. The lowest BCUT2D eigenvalue weighted by Crippen LogP contribution is -2.36. The Bertz CT molecular complexity index is 2010. The summed E-state index contributed by atoms with van der Waals surface area (Å²) < 4.78 is 49.3. The molecule has 1 saturated heterocycles. The summed E-state index contributed by atoms with van der Waals surface area (Å²) >= 11 is 7.21. The van der Waals surface area contributed by atoms with Gasteiger partial charge in [-0.05, 0) is 42.3 Å². The minimum Gasteiger partial charge on any atom is -0.480 e. The maximum Gasteiger partial charge on any atom is 0.323 e. The lowest BCUT2D eigenvalue weighted by Gasteiger charge is -2.20. The van der Waals surface area contributed by atoms with Gasteiger partial charge in [0.05, 0.1) is 16.5 Å². The molecule has 1 amide bonds. The van der Waals surface area contributed by atoms with Crippen LogP contribution in [-0.4, -0.2) is 80.5 Å². The van der Waals surface area contributed by atoms with Gasteiger partial charge >= 0.3 is 11.9 Å². The molecule has 244 valence electrons. The first-order chi connectivity index (χ1) is 21.8. The number of amides is 1. The van der Waals surface area contributed by atoms with E-state index in [1.54, 1.807) is 18.2 Å². The van der Waals surface area contributed by atoms with Crippen LogP contribution in [0.25, 0.3) is 11.0 Å². The van der Waals surface area contributed by atoms with E-state index in [0.29, 0.717) is 40.3 Å². The predicted molar refractivity (Wildman–Crippen MR) is 171 cm³/mol. The van der Waals surface area contributed by atoms with Gasteiger partial charge < -0.3 is 29.0 Å². The molecule has 19 heteroatoms. The number of benzene rings is 1. The van der Waals surface area contributed by atoms with Crippen molar-refractivity contribution in [3.05, 3.63) is 56.2 Å². The van der Waals surface area contributed by atoms with Crippen LogP contribution in [0.2, 0.25) is 0 Å². The minimum atomic E-state index is -4.17. The molecule has 0 aliphatic carbocycles. The second kappa shape index (κ2) is 13.4. The highest BCUT2D eigenvalue weighted by molar-refractivity contribution is 8.30. The predicted octanol–water partition coefficient (Wildman–Crippen LogP) is 1.16. The highest BCUT2D eigenvalue weighted by atomic mass is 32.2. The number of carbonyl (C=O) groups excluding carboxylic acids is 1. The third-order valence-electron chi connectivity index (χ3n) is 6.71. The van der Waals surface area contributed by atoms with Crippen molar-refractivity contribution in [2.24, 2.45) is 0 Å². The van der Waals surface area contributed by atoms with Crippen LogP contribution in [0.5, 0.6) is 11.5 Å². The van der Waals surface area contributed by atoms with Gasteiger partial charge in [0.15, 0.2) is 16.9 Å². The summed E-state index contributed by atoms with van der Waals surface area (Å²) in [6.45, 7) is 0.597. The normalized spacial score (nSPS) is 18.7. The highest BCUT2D eigenvalue weighted by Gasteiger charge is 2.36. The smallest absolute Gasteiger partial charge is 0.323 e. The molecule has 4 heterocycles. The first-order valence-electron chi connectivity index (χ1n) is 13.4. The number of hydrogen-bond acceptors (Lipinski definition) is 13. The van der Waals surface area contributed by atoms with Gasteiger partial charge in [-0.15, -0.1) is 0 Å². The number of thioether (sulfide) groups is 2. The molecular weight excluding hydrogens is 687 g/mol. The van der Waals surface area contributed by atoms with Gasteiger partial charge in [-0.1, -0.05) is 37.0 Å². The Morgan fingerprint density at radius 2 is 1.76 bits per heavy atom. The van der Waals surface area contributed by atoms with Crippen molar-refractivity contribution in [2.45, 2.75) is 31.2 Å².